The first-order valence-electron chi connectivity index (χ1n) is 23.9. The Balaban J connectivity index is 1.88. The number of amides is 8. The van der Waals surface area contributed by atoms with Crippen molar-refractivity contribution in [2.75, 3.05) is 20.1 Å². The summed E-state index contributed by atoms with van der Waals surface area (Å²) in [6.45, 7) is 6.37. The van der Waals surface area contributed by atoms with Gasteiger partial charge in [-0.25, -0.2) is 0 Å². The van der Waals surface area contributed by atoms with Crippen LogP contribution in [-0.4, -0.2) is 142 Å². The molecule has 8 atom stereocenters. The predicted octanol–water partition coefficient (Wildman–Crippen LogP) is -2.56. The number of aliphatic imine (C=N–C) groups is 2. The van der Waals surface area contributed by atoms with Crippen molar-refractivity contribution in [3.8, 4) is 5.75 Å². The van der Waals surface area contributed by atoms with E-state index in [1.165, 1.54) is 38.2 Å². The van der Waals surface area contributed by atoms with Gasteiger partial charge in [-0.2, -0.15) is 0 Å². The Hall–Kier alpha value is -7.96. The number of aliphatic hydroxyl groups is 1. The number of phenolic OH excluding ortho intramolecular Hbond substituents is 1. The molecule has 0 saturated heterocycles. The molecule has 3 rings (SSSR count). The molecule has 0 unspecified atom stereocenters. The number of aromatic nitrogens is 1. The Morgan fingerprint density at radius 1 is 0.644 bits per heavy atom. The number of nitrogens with two attached hydrogens (primary N) is 6. The molecule has 0 aliphatic heterocycles. The molecule has 0 fully saturated rings. The molecule has 20 N–H and O–H groups in total. The molecule has 8 amide bonds. The molecule has 25 heteroatoms. The maximum Gasteiger partial charge on any atom is 0.245 e. The van der Waals surface area contributed by atoms with E-state index >= 15 is 0 Å². The molecule has 73 heavy (non-hydrogen) atoms. The van der Waals surface area contributed by atoms with Gasteiger partial charge in [0.05, 0.1) is 6.10 Å². The standard InChI is InChI=1S/C48H73N15O10/c1-25(2)38(61-41(68)26(3)22-29-24-57-32-11-7-6-10-31(29)32)44(71)62-39(27(4)64)45(72)58-33(12-8-20-55-47(51)52)42(69)59-34(18-19-37(49)66)46(73)63(5)36(13-9-21-56-48(53)54)43(70)60-35(40(50)67)23-28-14-16-30(65)17-15-28/h6-7,10-11,14-17,24-27,33-36,38-39,57,64-65H,8-9,12-13,18-23H2,1-5H3,(H2,49,66)(H2,50,67)(H,58,72)(H,59,69)(H,60,70)(H,61,68)(H,62,71)(H4,51,52,55)(H4,53,54,56)/t26-,27+,33-,34-,35-,36-,38-,39-/m0/s1. The van der Waals surface area contributed by atoms with Crippen LogP contribution in [0.3, 0.4) is 0 Å². The molecule has 0 aliphatic rings. The maximum atomic E-state index is 14.4. The minimum atomic E-state index is -1.67. The van der Waals surface area contributed by atoms with Crippen LogP contribution in [0, 0.1) is 11.8 Å². The number of carbonyl (C=O) groups excluding carboxylic acids is 8. The van der Waals surface area contributed by atoms with Gasteiger partial charge in [0.1, 0.15) is 42.0 Å². The number of aromatic hydroxyl groups is 1. The smallest absolute Gasteiger partial charge is 0.245 e. The van der Waals surface area contributed by atoms with Crippen molar-refractivity contribution in [3.05, 3.63) is 65.9 Å². The number of carbonyl (C=O) groups is 8. The number of aliphatic hydroxyl groups excluding tert-OH is 1. The summed E-state index contributed by atoms with van der Waals surface area (Å²) in [7, 11) is 1.26. The number of likely N-dealkylation sites (N-methyl/N-ethyl adjacent to an activating group) is 1. The lowest BCUT2D eigenvalue weighted by Crippen LogP contribution is -2.62. The van der Waals surface area contributed by atoms with Crippen LogP contribution in [0.15, 0.2) is 64.7 Å². The lowest BCUT2D eigenvalue weighted by atomic mass is 9.97. The fourth-order valence-electron chi connectivity index (χ4n) is 7.80. The van der Waals surface area contributed by atoms with E-state index in [0.29, 0.717) is 12.0 Å². The lowest BCUT2D eigenvalue weighted by Gasteiger charge is -2.32. The van der Waals surface area contributed by atoms with Crippen molar-refractivity contribution in [3.63, 3.8) is 0 Å². The van der Waals surface area contributed by atoms with E-state index in [1.54, 1.807) is 20.8 Å². The van der Waals surface area contributed by atoms with Crippen LogP contribution in [0.25, 0.3) is 10.9 Å². The number of benzene rings is 2. The summed E-state index contributed by atoms with van der Waals surface area (Å²) in [5.74, 6) is -8.21. The highest BCUT2D eigenvalue weighted by Gasteiger charge is 2.37. The van der Waals surface area contributed by atoms with Crippen LogP contribution >= 0.6 is 0 Å². The van der Waals surface area contributed by atoms with Gasteiger partial charge in [0.15, 0.2) is 11.9 Å². The lowest BCUT2D eigenvalue weighted by molar-refractivity contribution is -0.143. The number of guanidine groups is 2. The molecule has 0 saturated carbocycles. The zero-order chi connectivity index (χ0) is 54.5. The third-order valence-electron chi connectivity index (χ3n) is 11.9. The molecular weight excluding hydrogens is 947 g/mol. The van der Waals surface area contributed by atoms with E-state index in [-0.39, 0.29) is 69.3 Å². The maximum absolute atomic E-state index is 14.4. The van der Waals surface area contributed by atoms with Gasteiger partial charge in [0.25, 0.3) is 0 Å². The summed E-state index contributed by atoms with van der Waals surface area (Å²) in [6, 6.07) is 4.98. The minimum Gasteiger partial charge on any atom is -0.508 e. The number of rotatable bonds is 30. The second kappa shape index (κ2) is 28.8. The third kappa shape index (κ3) is 19.3. The molecule has 1 aromatic heterocycles. The first-order chi connectivity index (χ1) is 34.4. The highest BCUT2D eigenvalue weighted by molar-refractivity contribution is 5.97. The van der Waals surface area contributed by atoms with Crippen molar-refractivity contribution < 1.29 is 48.6 Å². The molecule has 0 spiro atoms. The Labute approximate surface area is 423 Å². The topological polar surface area (TPSA) is 437 Å². The van der Waals surface area contributed by atoms with Crippen LogP contribution in [-0.2, 0) is 51.2 Å². The number of aromatic amines is 1. The van der Waals surface area contributed by atoms with E-state index in [2.05, 4.69) is 41.6 Å². The summed E-state index contributed by atoms with van der Waals surface area (Å²) < 4.78 is 0. The highest BCUT2D eigenvalue weighted by Crippen LogP contribution is 2.21. The fourth-order valence-corrected chi connectivity index (χ4v) is 7.80. The number of nitrogens with one attached hydrogen (secondary N) is 6. The molecule has 0 bridgehead atoms. The van der Waals surface area contributed by atoms with Gasteiger partial charge >= 0.3 is 0 Å². The largest absolute Gasteiger partial charge is 0.508 e. The Kier molecular flexibility index (Phi) is 23.4. The summed E-state index contributed by atoms with van der Waals surface area (Å²) in [5, 5.41) is 34.5. The van der Waals surface area contributed by atoms with Crippen molar-refractivity contribution in [1.29, 1.82) is 0 Å². The molecule has 3 aromatic rings. The van der Waals surface area contributed by atoms with Gasteiger partial charge in [0, 0.05) is 56.0 Å². The van der Waals surface area contributed by atoms with Gasteiger partial charge < -0.3 is 81.1 Å². The predicted molar refractivity (Wildman–Crippen MR) is 273 cm³/mol. The molecule has 25 nitrogen and oxygen atoms in total. The summed E-state index contributed by atoms with van der Waals surface area (Å²) in [4.78, 5) is 121. The van der Waals surface area contributed by atoms with Crippen LogP contribution < -0.4 is 61.0 Å². The molecule has 400 valence electrons. The number of primary amides is 2. The number of nitrogens with zero attached hydrogens (tertiary/aromatic N) is 3. The van der Waals surface area contributed by atoms with Gasteiger partial charge in [-0.15, -0.1) is 0 Å². The summed E-state index contributed by atoms with van der Waals surface area (Å²) in [5.41, 5.74) is 35.5. The third-order valence-corrected chi connectivity index (χ3v) is 11.9. The van der Waals surface area contributed by atoms with Crippen molar-refractivity contribution in [1.82, 2.24) is 36.5 Å². The zero-order valence-electron chi connectivity index (χ0n) is 41.9. The minimum absolute atomic E-state index is 0.00446. The number of fused-ring (bicyclic) bond motifs is 1. The number of hydrogen-bond donors (Lipinski definition) is 14. The van der Waals surface area contributed by atoms with Crippen LogP contribution in [0.5, 0.6) is 5.75 Å². The van der Waals surface area contributed by atoms with E-state index in [9.17, 15) is 48.6 Å². The first-order valence-corrected chi connectivity index (χ1v) is 23.9. The SMILES string of the molecule is CC(C)[C@H](NC(=O)[C@@H](C)Cc1c[nH]c2ccccc12)C(=O)N[C@H](C(=O)N[C@@H](CCCN=C(N)N)C(=O)N[C@@H](CCC(N)=O)C(=O)N(C)[C@@H](CCCN=C(N)N)C(=O)N[C@@H](Cc1ccc(O)cc1)C(N)=O)[C@@H](C)O. The molecular formula is C48H73N15O10. The second-order valence-electron chi connectivity index (χ2n) is 18.2. The number of para-hydroxylation sites is 1. The highest BCUT2D eigenvalue weighted by atomic mass is 16.3. The van der Waals surface area contributed by atoms with Crippen LogP contribution in [0.4, 0.5) is 0 Å². The van der Waals surface area contributed by atoms with Gasteiger partial charge in [-0.3, -0.25) is 48.3 Å². The normalized spacial score (nSPS) is 14.4. The van der Waals surface area contributed by atoms with Crippen LogP contribution in [0.2, 0.25) is 0 Å². The molecule has 0 radical (unpaired) electrons. The van der Waals surface area contributed by atoms with E-state index in [0.717, 1.165) is 21.4 Å². The first kappa shape index (κ1) is 59.3. The van der Waals surface area contributed by atoms with Crippen molar-refractivity contribution in [2.45, 2.75) is 121 Å². The van der Waals surface area contributed by atoms with E-state index in [1.807, 2.05) is 30.5 Å². The number of hydrogen-bond acceptors (Lipinski definition) is 12. The Morgan fingerprint density at radius 2 is 1.21 bits per heavy atom. The van der Waals surface area contributed by atoms with Gasteiger partial charge in [-0.05, 0) is 80.7 Å². The monoisotopic (exact) mass is 1020 g/mol. The summed E-state index contributed by atoms with van der Waals surface area (Å²) in [6.07, 6.45) is -0.237. The van der Waals surface area contributed by atoms with E-state index < -0.39 is 108 Å². The zero-order valence-corrected chi connectivity index (χ0v) is 41.9. The van der Waals surface area contributed by atoms with Crippen LogP contribution in [0.1, 0.15) is 77.3 Å². The fraction of sp³-hybridized carbons (Fsp3) is 0.500. The number of phenols is 1. The average molecular weight is 1020 g/mol. The molecule has 1 heterocycles. The molecule has 2 aromatic carbocycles. The van der Waals surface area contributed by atoms with E-state index in [4.69, 9.17) is 34.4 Å². The second-order valence-corrected chi connectivity index (χ2v) is 18.2. The van der Waals surface area contributed by atoms with Crippen molar-refractivity contribution >= 4 is 70.1 Å². The average Bonchev–Trinajstić information content (AvgIpc) is 3.73. The summed E-state index contributed by atoms with van der Waals surface area (Å²) >= 11 is 0. The quantitative estimate of drug-likeness (QED) is 0.0186. The Bertz CT molecular complexity index is 2430. The Morgan fingerprint density at radius 3 is 1.78 bits per heavy atom. The van der Waals surface area contributed by atoms with Gasteiger partial charge in [0.2, 0.25) is 47.3 Å². The molecule has 0 aliphatic carbocycles. The van der Waals surface area contributed by atoms with Gasteiger partial charge in [-0.1, -0.05) is 51.1 Å². The van der Waals surface area contributed by atoms with Crippen molar-refractivity contribution in [2.24, 2.45) is 56.2 Å². The number of H-pyrrole nitrogens is 1.